The molecular formula is C24H21N5O7. The van der Waals surface area contributed by atoms with Gasteiger partial charge in [-0.2, -0.15) is 5.26 Å². The number of hydrogen-bond acceptors (Lipinski definition) is 10. The van der Waals surface area contributed by atoms with Gasteiger partial charge in [0.05, 0.1) is 18.2 Å². The molecule has 12 heteroatoms. The third-order valence-electron chi connectivity index (χ3n) is 5.91. The van der Waals surface area contributed by atoms with Gasteiger partial charge in [-0.15, -0.1) is 0 Å². The fourth-order valence-electron chi connectivity index (χ4n) is 3.92. The molecule has 0 bridgehead atoms. The average Bonchev–Trinajstić information content (AvgIpc) is 3.34. The van der Waals surface area contributed by atoms with Gasteiger partial charge >= 0.3 is 0 Å². The molecule has 2 aromatic heterocycles. The molecule has 3 heterocycles. The van der Waals surface area contributed by atoms with Gasteiger partial charge in [0.15, 0.2) is 11.2 Å². The number of ether oxygens (including phenoxy) is 2. The fraction of sp³-hybridized carbons (Fsp3) is 0.250. The molecule has 5 atom stereocenters. The Bertz CT molecular complexity index is 1470. The van der Waals surface area contributed by atoms with Gasteiger partial charge in [0.1, 0.15) is 42.3 Å². The molecule has 1 saturated heterocycles. The van der Waals surface area contributed by atoms with Crippen LogP contribution >= 0.6 is 0 Å². The Morgan fingerprint density at radius 1 is 1.06 bits per heavy atom. The zero-order chi connectivity index (χ0) is 25.4. The van der Waals surface area contributed by atoms with Crippen LogP contribution in [0.1, 0.15) is 5.56 Å². The summed E-state index contributed by atoms with van der Waals surface area (Å²) in [6, 6.07) is 15.2. The van der Waals surface area contributed by atoms with Crippen molar-refractivity contribution in [1.82, 2.24) is 19.5 Å². The first-order valence-corrected chi connectivity index (χ1v) is 10.9. The Morgan fingerprint density at radius 2 is 1.78 bits per heavy atom. The number of hydrogen-bond donors (Lipinski definition) is 5. The topological polar surface area (TPSA) is 187 Å². The molecule has 184 valence electrons. The van der Waals surface area contributed by atoms with Gasteiger partial charge in [0.25, 0.3) is 5.56 Å². The van der Waals surface area contributed by atoms with E-state index in [2.05, 4.69) is 21.0 Å². The third-order valence-corrected chi connectivity index (χ3v) is 5.91. The van der Waals surface area contributed by atoms with Crippen molar-refractivity contribution in [3.8, 4) is 28.9 Å². The van der Waals surface area contributed by atoms with Gasteiger partial charge in [0.2, 0.25) is 6.29 Å². The van der Waals surface area contributed by atoms with Gasteiger partial charge < -0.3 is 34.9 Å². The maximum Gasteiger partial charge on any atom is 0.279 e. The van der Waals surface area contributed by atoms with Crippen molar-refractivity contribution in [2.24, 2.45) is 0 Å². The monoisotopic (exact) mass is 491 g/mol. The van der Waals surface area contributed by atoms with E-state index in [-0.39, 0.29) is 17.1 Å². The highest BCUT2D eigenvalue weighted by Crippen LogP contribution is 2.26. The third kappa shape index (κ3) is 4.22. The Kier molecular flexibility index (Phi) is 6.23. The number of fused-ring (bicyclic) bond motifs is 1. The summed E-state index contributed by atoms with van der Waals surface area (Å²) in [5.74, 6) is 0.552. The first-order valence-electron chi connectivity index (χ1n) is 10.9. The lowest BCUT2D eigenvalue weighted by Gasteiger charge is -2.39. The molecule has 0 aliphatic carbocycles. The van der Waals surface area contributed by atoms with Crippen LogP contribution in [0.25, 0.3) is 28.2 Å². The Balaban J connectivity index is 1.41. The summed E-state index contributed by atoms with van der Waals surface area (Å²) in [5.41, 5.74) is 1.81. The number of aromatic amines is 1. The lowest BCUT2D eigenvalue weighted by molar-refractivity contribution is -0.277. The summed E-state index contributed by atoms with van der Waals surface area (Å²) in [4.78, 5) is 24.1. The van der Waals surface area contributed by atoms with Crippen molar-refractivity contribution in [2.75, 3.05) is 6.61 Å². The van der Waals surface area contributed by atoms with Crippen molar-refractivity contribution in [3.05, 3.63) is 70.8 Å². The minimum absolute atomic E-state index is 0.158. The number of rotatable bonds is 5. The normalized spacial score (nSPS) is 23.9. The second kappa shape index (κ2) is 9.50. The van der Waals surface area contributed by atoms with E-state index in [1.54, 1.807) is 53.1 Å². The van der Waals surface area contributed by atoms with Gasteiger partial charge in [-0.05, 0) is 48.5 Å². The Hall–Kier alpha value is -4.12. The first-order chi connectivity index (χ1) is 17.4. The molecule has 1 aliphatic heterocycles. The molecule has 4 aromatic rings. The second-order valence-electron chi connectivity index (χ2n) is 8.20. The molecule has 0 amide bonds. The summed E-state index contributed by atoms with van der Waals surface area (Å²) in [6.07, 6.45) is -5.50. The van der Waals surface area contributed by atoms with E-state index in [9.17, 15) is 25.2 Å². The summed E-state index contributed by atoms with van der Waals surface area (Å²) < 4.78 is 12.6. The molecule has 12 nitrogen and oxygen atoms in total. The molecule has 36 heavy (non-hydrogen) atoms. The van der Waals surface area contributed by atoms with E-state index in [0.717, 1.165) is 0 Å². The lowest BCUT2D eigenvalue weighted by Crippen LogP contribution is -2.60. The number of benzene rings is 2. The summed E-state index contributed by atoms with van der Waals surface area (Å²) in [5, 5.41) is 48.3. The van der Waals surface area contributed by atoms with Crippen molar-refractivity contribution in [3.63, 3.8) is 0 Å². The molecule has 5 N–H and O–H groups in total. The maximum absolute atomic E-state index is 12.7. The molecular weight excluding hydrogens is 470 g/mol. The number of imidazole rings is 1. The summed E-state index contributed by atoms with van der Waals surface area (Å²) in [6.45, 7) is -0.565. The second-order valence-corrected chi connectivity index (χ2v) is 8.20. The van der Waals surface area contributed by atoms with Crippen LogP contribution in [0.3, 0.4) is 0 Å². The van der Waals surface area contributed by atoms with Crippen molar-refractivity contribution in [1.29, 1.82) is 5.26 Å². The lowest BCUT2D eigenvalue weighted by atomic mass is 9.99. The highest BCUT2D eigenvalue weighted by Gasteiger charge is 2.44. The smallest absolute Gasteiger partial charge is 0.279 e. The van der Waals surface area contributed by atoms with Crippen LogP contribution in [0.4, 0.5) is 0 Å². The predicted molar refractivity (Wildman–Crippen MR) is 124 cm³/mol. The Morgan fingerprint density at radius 3 is 2.44 bits per heavy atom. The van der Waals surface area contributed by atoms with Crippen LogP contribution in [0.15, 0.2) is 59.7 Å². The summed E-state index contributed by atoms with van der Waals surface area (Å²) >= 11 is 0. The fourth-order valence-corrected chi connectivity index (χ4v) is 3.92. The molecule has 5 rings (SSSR count). The van der Waals surface area contributed by atoms with E-state index >= 15 is 0 Å². The number of nitrogens with zero attached hydrogens (tertiary/aromatic N) is 4. The molecule has 5 unspecified atom stereocenters. The van der Waals surface area contributed by atoms with Crippen molar-refractivity contribution < 1.29 is 29.9 Å². The largest absolute Gasteiger partial charge is 0.462 e. The van der Waals surface area contributed by atoms with Crippen molar-refractivity contribution >= 4 is 11.2 Å². The van der Waals surface area contributed by atoms with Gasteiger partial charge in [-0.3, -0.25) is 9.36 Å². The van der Waals surface area contributed by atoms with E-state index in [4.69, 9.17) is 14.7 Å². The molecule has 2 aromatic carbocycles. The van der Waals surface area contributed by atoms with E-state index in [1.807, 2.05) is 0 Å². The van der Waals surface area contributed by atoms with E-state index < -0.39 is 42.9 Å². The molecule has 0 saturated carbocycles. The molecule has 0 radical (unpaired) electrons. The zero-order valence-electron chi connectivity index (χ0n) is 18.6. The number of nitriles is 1. The minimum Gasteiger partial charge on any atom is -0.462 e. The molecule has 0 spiro atoms. The predicted octanol–water partition coefficient (Wildman–Crippen LogP) is -0.174. The summed E-state index contributed by atoms with van der Waals surface area (Å²) in [7, 11) is 0. The average molecular weight is 491 g/mol. The number of H-pyrrole nitrogens is 1. The maximum atomic E-state index is 12.7. The van der Waals surface area contributed by atoms with Crippen LogP contribution in [-0.2, 0) is 4.74 Å². The highest BCUT2D eigenvalue weighted by atomic mass is 16.7. The van der Waals surface area contributed by atoms with Gasteiger partial charge in [-0.1, -0.05) is 0 Å². The van der Waals surface area contributed by atoms with Crippen LogP contribution in [0.2, 0.25) is 0 Å². The highest BCUT2D eigenvalue weighted by molar-refractivity contribution is 5.74. The van der Waals surface area contributed by atoms with Crippen LogP contribution in [0.5, 0.6) is 5.75 Å². The first kappa shape index (κ1) is 23.6. The quantitative estimate of drug-likeness (QED) is 0.251. The van der Waals surface area contributed by atoms with Crippen LogP contribution < -0.4 is 10.3 Å². The molecule has 1 aliphatic rings. The number of aromatic nitrogens is 4. The van der Waals surface area contributed by atoms with Gasteiger partial charge in [0, 0.05) is 11.3 Å². The van der Waals surface area contributed by atoms with Crippen LogP contribution in [0, 0.1) is 11.3 Å². The zero-order valence-corrected chi connectivity index (χ0v) is 18.6. The minimum atomic E-state index is -1.55. The van der Waals surface area contributed by atoms with E-state index in [1.165, 1.54) is 6.33 Å². The number of nitrogens with one attached hydrogen (secondary N) is 1. The number of aliphatic hydroxyl groups is 4. The van der Waals surface area contributed by atoms with Gasteiger partial charge in [-0.25, -0.2) is 9.97 Å². The molecule has 1 fully saturated rings. The van der Waals surface area contributed by atoms with Crippen LogP contribution in [-0.4, -0.2) is 77.3 Å². The van der Waals surface area contributed by atoms with Crippen molar-refractivity contribution in [2.45, 2.75) is 30.7 Å². The van der Waals surface area contributed by atoms with E-state index in [0.29, 0.717) is 22.5 Å². The standard InChI is InChI=1S/C24H21N5O7/c25-9-12-1-5-14(6-2-12)29-11-26-17-22(29)27-21(28-23(17)34)13-3-7-15(8-4-13)35-24-20(33)19(32)18(31)16(10-30)36-24/h1-8,11,16,18-20,24,30-33H,10H2,(H,27,28,34). The number of aliphatic hydroxyl groups excluding tert-OH is 4. The Labute approximate surface area is 203 Å². The SMILES string of the molecule is N#Cc1ccc(-n2cnc3c(=O)[nH]c(-c4ccc(OC5OC(CO)C(O)C(O)C5O)cc4)nc32)cc1.